The molecular weight excluding hydrogens is 350 g/mol. The number of fused-ring (bicyclic) bond motifs is 3. The van der Waals surface area contributed by atoms with Crippen molar-refractivity contribution in [3.05, 3.63) is 59.7 Å². The maximum Gasteiger partial charge on any atom is 0.407 e. The van der Waals surface area contributed by atoms with Gasteiger partial charge in [0.05, 0.1) is 19.8 Å². The number of amides is 1. The van der Waals surface area contributed by atoms with Crippen molar-refractivity contribution in [2.24, 2.45) is 0 Å². The Morgan fingerprint density at radius 1 is 1.04 bits per heavy atom. The molecule has 0 saturated heterocycles. The summed E-state index contributed by atoms with van der Waals surface area (Å²) in [6.45, 7) is -0.378. The lowest BCUT2D eigenvalue weighted by Gasteiger charge is -2.17. The molecule has 3 rings (SSSR count). The zero-order valence-electron chi connectivity index (χ0n) is 14.6. The van der Waals surface area contributed by atoms with Gasteiger partial charge in [-0.05, 0) is 22.3 Å². The second-order valence-electron chi connectivity index (χ2n) is 6.16. The summed E-state index contributed by atoms with van der Waals surface area (Å²) in [6.07, 6.45) is -0.822. The molecule has 3 N–H and O–H groups in total. The molecule has 0 radical (unpaired) electrons. The normalized spacial score (nSPS) is 13.5. The summed E-state index contributed by atoms with van der Waals surface area (Å²) in [7, 11) is 0. The Labute approximate surface area is 156 Å². The third-order valence-corrected chi connectivity index (χ3v) is 4.45. The fraction of sp³-hybridized carbons (Fsp3) is 0.300. The second kappa shape index (κ2) is 8.66. The van der Waals surface area contributed by atoms with Crippen molar-refractivity contribution in [1.82, 2.24) is 5.32 Å². The highest BCUT2D eigenvalue weighted by atomic mass is 16.6. The van der Waals surface area contributed by atoms with Gasteiger partial charge in [-0.3, -0.25) is 0 Å². The summed E-state index contributed by atoms with van der Waals surface area (Å²) >= 11 is 0. The highest BCUT2D eigenvalue weighted by Gasteiger charge is 2.29. The Balaban J connectivity index is 1.64. The van der Waals surface area contributed by atoms with E-state index in [-0.39, 0.29) is 32.3 Å². The van der Waals surface area contributed by atoms with E-state index in [9.17, 15) is 9.59 Å². The van der Waals surface area contributed by atoms with E-state index in [0.29, 0.717) is 0 Å². The number of carbonyl (C=O) groups is 2. The van der Waals surface area contributed by atoms with Crippen LogP contribution in [0.15, 0.2) is 48.5 Å². The molecule has 1 amide bonds. The average molecular weight is 371 g/mol. The first-order chi connectivity index (χ1) is 13.1. The molecule has 0 heterocycles. The number of benzene rings is 2. The van der Waals surface area contributed by atoms with Crippen LogP contribution >= 0.6 is 0 Å². The van der Waals surface area contributed by atoms with E-state index < -0.39 is 18.1 Å². The Bertz CT molecular complexity index is 776. The van der Waals surface area contributed by atoms with Crippen LogP contribution in [-0.4, -0.2) is 54.7 Å². The number of aliphatic hydroxyl groups excluding tert-OH is 1. The highest BCUT2D eigenvalue weighted by molar-refractivity contribution is 5.81. The van der Waals surface area contributed by atoms with Crippen LogP contribution in [0.3, 0.4) is 0 Å². The molecule has 0 bridgehead atoms. The molecule has 0 spiro atoms. The maximum absolute atomic E-state index is 12.1. The van der Waals surface area contributed by atoms with Crippen molar-refractivity contribution >= 4 is 12.1 Å². The van der Waals surface area contributed by atoms with E-state index in [4.69, 9.17) is 19.7 Å². The first kappa shape index (κ1) is 18.9. The molecule has 7 heteroatoms. The SMILES string of the molecule is O=C(N[C@@H](COCCO)C(=O)O)OCC1c2ccccc2-c2ccccc21. The first-order valence-corrected chi connectivity index (χ1v) is 8.64. The molecule has 0 saturated carbocycles. The fourth-order valence-corrected chi connectivity index (χ4v) is 3.22. The van der Waals surface area contributed by atoms with Gasteiger partial charge in [-0.2, -0.15) is 0 Å². The lowest BCUT2D eigenvalue weighted by atomic mass is 9.98. The molecule has 142 valence electrons. The number of alkyl carbamates (subject to hydrolysis) is 1. The summed E-state index contributed by atoms with van der Waals surface area (Å²) in [5.41, 5.74) is 4.38. The van der Waals surface area contributed by atoms with Gasteiger partial charge in [-0.15, -0.1) is 0 Å². The number of carboxylic acids is 1. The monoisotopic (exact) mass is 371 g/mol. The van der Waals surface area contributed by atoms with E-state index in [2.05, 4.69) is 5.32 Å². The second-order valence-corrected chi connectivity index (χ2v) is 6.16. The number of aliphatic carboxylic acids is 1. The van der Waals surface area contributed by atoms with Crippen molar-refractivity contribution in [3.63, 3.8) is 0 Å². The third-order valence-electron chi connectivity index (χ3n) is 4.45. The van der Waals surface area contributed by atoms with Crippen LogP contribution in [0.4, 0.5) is 4.79 Å². The molecular formula is C20H21NO6. The minimum Gasteiger partial charge on any atom is -0.480 e. The Kier molecular flexibility index (Phi) is 6.05. The Morgan fingerprint density at radius 2 is 1.63 bits per heavy atom. The van der Waals surface area contributed by atoms with E-state index >= 15 is 0 Å². The number of ether oxygens (including phenoxy) is 2. The molecule has 2 aromatic rings. The molecule has 27 heavy (non-hydrogen) atoms. The third kappa shape index (κ3) is 4.27. The van der Waals surface area contributed by atoms with Crippen LogP contribution in [0.5, 0.6) is 0 Å². The quantitative estimate of drug-likeness (QED) is 0.613. The molecule has 1 aliphatic carbocycles. The number of rotatable bonds is 8. The van der Waals surface area contributed by atoms with E-state index in [0.717, 1.165) is 22.3 Å². The molecule has 1 aliphatic rings. The van der Waals surface area contributed by atoms with E-state index in [1.165, 1.54) is 0 Å². The summed E-state index contributed by atoms with van der Waals surface area (Å²) in [6, 6.07) is 14.7. The zero-order chi connectivity index (χ0) is 19.2. The van der Waals surface area contributed by atoms with Gasteiger partial charge in [0, 0.05) is 5.92 Å². The van der Waals surface area contributed by atoms with Gasteiger partial charge >= 0.3 is 12.1 Å². The van der Waals surface area contributed by atoms with Crippen LogP contribution < -0.4 is 5.32 Å². The smallest absolute Gasteiger partial charge is 0.407 e. The van der Waals surface area contributed by atoms with E-state index in [1.807, 2.05) is 48.5 Å². The Morgan fingerprint density at radius 3 is 2.19 bits per heavy atom. The predicted molar refractivity (Wildman–Crippen MR) is 97.5 cm³/mol. The van der Waals surface area contributed by atoms with Gasteiger partial charge in [-0.25, -0.2) is 9.59 Å². The minimum atomic E-state index is -1.24. The van der Waals surface area contributed by atoms with Crippen molar-refractivity contribution in [3.8, 4) is 11.1 Å². The maximum atomic E-state index is 12.1. The van der Waals surface area contributed by atoms with Crippen LogP contribution in [0.25, 0.3) is 11.1 Å². The number of nitrogens with one attached hydrogen (secondary N) is 1. The summed E-state index contributed by atoms with van der Waals surface area (Å²) in [4.78, 5) is 23.3. The predicted octanol–water partition coefficient (Wildman–Crippen LogP) is 1.99. The van der Waals surface area contributed by atoms with Crippen LogP contribution in [0.2, 0.25) is 0 Å². The average Bonchev–Trinajstić information content (AvgIpc) is 2.99. The standard InChI is InChI=1S/C20H21NO6/c22-9-10-26-12-18(19(23)24)21-20(25)27-11-17-15-7-3-1-5-13(15)14-6-2-4-8-16(14)17/h1-8,17-18,22H,9-12H2,(H,21,25)(H,23,24)/t18-/m0/s1. The summed E-state index contributed by atoms with van der Waals surface area (Å²) in [5, 5.41) is 20.1. The number of carbonyl (C=O) groups excluding carboxylic acids is 1. The molecule has 0 fully saturated rings. The minimum absolute atomic E-state index is 0.00382. The van der Waals surface area contributed by atoms with Gasteiger partial charge in [0.1, 0.15) is 6.61 Å². The fourth-order valence-electron chi connectivity index (χ4n) is 3.22. The molecule has 1 atom stereocenters. The van der Waals surface area contributed by atoms with Gasteiger partial charge in [0.2, 0.25) is 0 Å². The number of hydrogen-bond acceptors (Lipinski definition) is 5. The number of hydrogen-bond donors (Lipinski definition) is 3. The van der Waals surface area contributed by atoms with Crippen LogP contribution in [-0.2, 0) is 14.3 Å². The molecule has 2 aromatic carbocycles. The van der Waals surface area contributed by atoms with Gasteiger partial charge in [-0.1, -0.05) is 48.5 Å². The Hall–Kier alpha value is -2.90. The topological polar surface area (TPSA) is 105 Å². The van der Waals surface area contributed by atoms with Crippen LogP contribution in [0.1, 0.15) is 17.0 Å². The van der Waals surface area contributed by atoms with Crippen molar-refractivity contribution < 1.29 is 29.3 Å². The number of aliphatic hydroxyl groups is 1. The van der Waals surface area contributed by atoms with Gasteiger partial charge in [0.25, 0.3) is 0 Å². The highest BCUT2D eigenvalue weighted by Crippen LogP contribution is 2.44. The van der Waals surface area contributed by atoms with Crippen molar-refractivity contribution in [2.45, 2.75) is 12.0 Å². The van der Waals surface area contributed by atoms with Crippen LogP contribution in [0, 0.1) is 0 Å². The van der Waals surface area contributed by atoms with E-state index in [1.54, 1.807) is 0 Å². The summed E-state index contributed by atoms with van der Waals surface area (Å²) < 4.78 is 10.3. The molecule has 0 aromatic heterocycles. The first-order valence-electron chi connectivity index (χ1n) is 8.64. The molecule has 0 unspecified atom stereocenters. The largest absolute Gasteiger partial charge is 0.480 e. The van der Waals surface area contributed by atoms with Crippen molar-refractivity contribution in [1.29, 1.82) is 0 Å². The van der Waals surface area contributed by atoms with Gasteiger partial charge in [0.15, 0.2) is 6.04 Å². The van der Waals surface area contributed by atoms with Crippen molar-refractivity contribution in [2.75, 3.05) is 26.4 Å². The molecule has 0 aliphatic heterocycles. The lowest BCUT2D eigenvalue weighted by Crippen LogP contribution is -2.44. The summed E-state index contributed by atoms with van der Waals surface area (Å²) in [5.74, 6) is -1.33. The lowest BCUT2D eigenvalue weighted by molar-refractivity contribution is -0.141. The zero-order valence-corrected chi connectivity index (χ0v) is 14.6. The number of carboxylic acid groups (broad SMARTS) is 1. The molecule has 7 nitrogen and oxygen atoms in total. The van der Waals surface area contributed by atoms with Gasteiger partial charge < -0.3 is 25.0 Å².